The number of halogens is 3. The van der Waals surface area contributed by atoms with Gasteiger partial charge in [0.05, 0.1) is 16.5 Å². The Bertz CT molecular complexity index is 2160. The molecule has 2 aromatic heterocycles. The van der Waals surface area contributed by atoms with Gasteiger partial charge in [0.1, 0.15) is 49.4 Å². The van der Waals surface area contributed by atoms with Crippen LogP contribution in [0.5, 0.6) is 11.8 Å². The molecule has 4 atom stereocenters. The van der Waals surface area contributed by atoms with E-state index in [2.05, 4.69) is 78.1 Å². The van der Waals surface area contributed by atoms with Crippen molar-refractivity contribution in [3.63, 3.8) is 0 Å². The average Bonchev–Trinajstić information content (AvgIpc) is 3.66. The van der Waals surface area contributed by atoms with Crippen molar-refractivity contribution in [2.24, 2.45) is 0 Å². The first kappa shape index (κ1) is 38.0. The summed E-state index contributed by atoms with van der Waals surface area (Å²) in [6, 6.07) is 6.51. The van der Waals surface area contributed by atoms with Crippen LogP contribution >= 0.6 is 0 Å². The van der Waals surface area contributed by atoms with Crippen molar-refractivity contribution >= 4 is 35.6 Å². The predicted octanol–water partition coefficient (Wildman–Crippen LogP) is 8.68. The van der Waals surface area contributed by atoms with Crippen LogP contribution in [-0.4, -0.2) is 89.6 Å². The van der Waals surface area contributed by atoms with E-state index in [9.17, 15) is 9.50 Å². The molecule has 4 aliphatic heterocycles. The summed E-state index contributed by atoms with van der Waals surface area (Å²) in [5.41, 5.74) is 4.51. The lowest BCUT2D eigenvalue weighted by Gasteiger charge is -2.43. The molecule has 8 nitrogen and oxygen atoms in total. The number of benzene rings is 2. The zero-order valence-electron chi connectivity index (χ0n) is 32.9. The highest BCUT2D eigenvalue weighted by molar-refractivity contribution is 6.90. The molecule has 0 amide bonds. The van der Waals surface area contributed by atoms with E-state index in [-0.39, 0.29) is 52.8 Å². The van der Waals surface area contributed by atoms with Crippen LogP contribution in [-0.2, 0) is 0 Å². The lowest BCUT2D eigenvalue weighted by atomic mass is 9.94. The van der Waals surface area contributed by atoms with Crippen LogP contribution < -0.4 is 15.0 Å². The summed E-state index contributed by atoms with van der Waals surface area (Å²) in [6.45, 7) is 16.0. The van der Waals surface area contributed by atoms with Gasteiger partial charge < -0.3 is 20.1 Å². The fourth-order valence-corrected chi connectivity index (χ4v) is 15.9. The number of nitrogens with one attached hydrogen (secondary N) is 1. The summed E-state index contributed by atoms with van der Waals surface area (Å²) in [5, 5.41) is 16.0. The van der Waals surface area contributed by atoms with E-state index in [1.165, 1.54) is 12.1 Å². The smallest absolute Gasteiger partial charge is 0.319 e. The average molecular weight is 771 g/mol. The summed E-state index contributed by atoms with van der Waals surface area (Å²) in [4.78, 5) is 18.6. The molecule has 4 fully saturated rings. The third-order valence-electron chi connectivity index (χ3n) is 13.2. The van der Waals surface area contributed by atoms with Crippen LogP contribution in [0, 0.1) is 23.1 Å². The van der Waals surface area contributed by atoms with Crippen LogP contribution in [0.3, 0.4) is 0 Å². The van der Waals surface area contributed by atoms with E-state index in [1.54, 1.807) is 18.3 Å². The van der Waals surface area contributed by atoms with E-state index < -0.39 is 31.4 Å². The lowest BCUT2D eigenvalue weighted by molar-refractivity contribution is 0.107. The van der Waals surface area contributed by atoms with E-state index >= 15 is 8.78 Å². The van der Waals surface area contributed by atoms with Gasteiger partial charge in [-0.3, -0.25) is 9.88 Å². The van der Waals surface area contributed by atoms with Crippen LogP contribution in [0.25, 0.3) is 32.9 Å². The molecular formula is C43H53F3N6O2Si. The molecule has 0 aliphatic carbocycles. The first-order chi connectivity index (χ1) is 26.3. The van der Waals surface area contributed by atoms with Gasteiger partial charge in [0.25, 0.3) is 0 Å². The zero-order chi connectivity index (χ0) is 38.8. The van der Waals surface area contributed by atoms with Gasteiger partial charge in [-0.15, -0.1) is 5.54 Å². The number of piperidine rings is 1. The van der Waals surface area contributed by atoms with Gasteiger partial charge >= 0.3 is 6.01 Å². The normalized spacial score (nSPS) is 24.3. The number of anilines is 1. The Morgan fingerprint density at radius 1 is 1.00 bits per heavy atom. The molecule has 2 bridgehead atoms. The highest BCUT2D eigenvalue weighted by Gasteiger charge is 2.49. The third kappa shape index (κ3) is 6.64. The number of fused-ring (bicyclic) bond motifs is 5. The number of phenols is 1. The molecule has 12 heteroatoms. The van der Waals surface area contributed by atoms with Crippen molar-refractivity contribution in [2.75, 3.05) is 37.7 Å². The molecule has 6 heterocycles. The minimum Gasteiger partial charge on any atom is -0.508 e. The standard InChI is InChI=1S/C43H53F3N6O2Si/c1-25(2)55(26(3)4,27(5)6)16-13-33-36(45)12-11-28-17-32(53)18-34(37(28)33)39-38(46)40-35(20-47-39)41(51-22-30-9-7-10-31(23-51)48-30)50-42(49-40)54-24-43-14-8-15-52(43)21-29(44)19-43/h11-12,17-18,20,25-27,29-31,48,53H,7-10,14-15,19,21-24H2,1-6H3/t29-,30?,31?,43+/m1/s1. The topological polar surface area (TPSA) is 86.6 Å². The molecule has 292 valence electrons. The fourth-order valence-electron chi connectivity index (χ4n) is 10.7. The number of alkyl halides is 1. The first-order valence-electron chi connectivity index (χ1n) is 20.2. The van der Waals surface area contributed by atoms with Crippen LogP contribution in [0.15, 0.2) is 30.5 Å². The number of piperazine rings is 1. The Hall–Kier alpha value is -3.92. The summed E-state index contributed by atoms with van der Waals surface area (Å²) >= 11 is 0. The molecule has 55 heavy (non-hydrogen) atoms. The van der Waals surface area contributed by atoms with Gasteiger partial charge in [-0.05, 0) is 72.4 Å². The maximum atomic E-state index is 17.4. The van der Waals surface area contributed by atoms with Gasteiger partial charge in [0, 0.05) is 55.3 Å². The van der Waals surface area contributed by atoms with Crippen molar-refractivity contribution in [2.45, 2.75) is 120 Å². The van der Waals surface area contributed by atoms with E-state index in [1.807, 2.05) is 0 Å². The fraction of sp³-hybridized carbons (Fsp3) is 0.558. The number of pyridine rings is 1. The number of phenolic OH excluding ortho intramolecular Hbond substituents is 1. The monoisotopic (exact) mass is 770 g/mol. The molecule has 4 aromatic rings. The summed E-state index contributed by atoms with van der Waals surface area (Å²) in [7, 11) is -2.27. The van der Waals surface area contributed by atoms with Crippen molar-refractivity contribution in [3.05, 3.63) is 47.7 Å². The van der Waals surface area contributed by atoms with Crippen LogP contribution in [0.1, 0.15) is 85.6 Å². The van der Waals surface area contributed by atoms with Gasteiger partial charge in [0.15, 0.2) is 5.82 Å². The second kappa shape index (κ2) is 14.5. The molecule has 2 aromatic carbocycles. The highest BCUT2D eigenvalue weighted by atomic mass is 28.3. The van der Waals surface area contributed by atoms with Crippen LogP contribution in [0.2, 0.25) is 16.6 Å². The summed E-state index contributed by atoms with van der Waals surface area (Å²) < 4.78 is 54.5. The molecule has 0 radical (unpaired) electrons. The number of hydrogen-bond acceptors (Lipinski definition) is 8. The lowest BCUT2D eigenvalue weighted by Crippen LogP contribution is -2.59. The Balaban J connectivity index is 1.29. The summed E-state index contributed by atoms with van der Waals surface area (Å²) in [5.74, 6) is 2.49. The molecule has 4 saturated heterocycles. The molecule has 8 rings (SSSR count). The first-order valence-corrected chi connectivity index (χ1v) is 22.4. The number of aromatic nitrogens is 3. The number of hydrogen-bond donors (Lipinski definition) is 2. The van der Waals surface area contributed by atoms with Crippen molar-refractivity contribution in [1.82, 2.24) is 25.2 Å². The number of aromatic hydroxyl groups is 1. The van der Waals surface area contributed by atoms with E-state index in [4.69, 9.17) is 9.72 Å². The maximum Gasteiger partial charge on any atom is 0.319 e. The van der Waals surface area contributed by atoms with Crippen LogP contribution in [0.4, 0.5) is 19.0 Å². The van der Waals surface area contributed by atoms with E-state index in [0.29, 0.717) is 64.7 Å². The zero-order valence-corrected chi connectivity index (χ0v) is 33.9. The third-order valence-corrected chi connectivity index (χ3v) is 19.5. The van der Waals surface area contributed by atoms with Gasteiger partial charge in [-0.1, -0.05) is 60.0 Å². The van der Waals surface area contributed by atoms with Gasteiger partial charge in [0.2, 0.25) is 0 Å². The Labute approximate surface area is 323 Å². The Kier molecular flexibility index (Phi) is 10.0. The quantitative estimate of drug-likeness (QED) is 0.136. The molecule has 4 aliphatic rings. The number of nitrogens with zero attached hydrogens (tertiary/aromatic N) is 5. The summed E-state index contributed by atoms with van der Waals surface area (Å²) in [6.07, 6.45) is 6.08. The second-order valence-corrected chi connectivity index (χ2v) is 23.0. The van der Waals surface area contributed by atoms with Gasteiger partial charge in [-0.25, -0.2) is 13.2 Å². The Morgan fingerprint density at radius 2 is 1.73 bits per heavy atom. The van der Waals surface area contributed by atoms with Crippen molar-refractivity contribution in [1.29, 1.82) is 0 Å². The SMILES string of the molecule is CC(C)[Si](C#Cc1c(F)ccc2cc(O)cc(-c3ncc4c(N5CC6CCCC(C5)N6)nc(OC[C@@]56CCCN5C[C@H](F)C6)nc4c3F)c12)(C(C)C)C(C)C. The van der Waals surface area contributed by atoms with Gasteiger partial charge in [-0.2, -0.15) is 9.97 Å². The predicted molar refractivity (Wildman–Crippen MR) is 215 cm³/mol. The highest BCUT2D eigenvalue weighted by Crippen LogP contribution is 2.44. The Morgan fingerprint density at radius 3 is 2.44 bits per heavy atom. The molecule has 0 saturated carbocycles. The van der Waals surface area contributed by atoms with Crippen molar-refractivity contribution in [3.8, 4) is 34.5 Å². The second-order valence-electron chi connectivity index (χ2n) is 17.4. The molecule has 2 unspecified atom stereocenters. The van der Waals surface area contributed by atoms with E-state index in [0.717, 1.165) is 38.6 Å². The molecular weight excluding hydrogens is 718 g/mol. The minimum absolute atomic E-state index is 0.0237. The largest absolute Gasteiger partial charge is 0.508 e. The maximum absolute atomic E-state index is 17.4. The number of rotatable bonds is 8. The van der Waals surface area contributed by atoms with Crippen molar-refractivity contribution < 1.29 is 23.0 Å². The minimum atomic E-state index is -2.27. The molecule has 2 N–H and O–H groups in total. The number of ether oxygens (including phenoxy) is 1. The molecule has 0 spiro atoms.